The minimum absolute atomic E-state index is 0.0736. The van der Waals surface area contributed by atoms with E-state index >= 15 is 0 Å². The monoisotopic (exact) mass is 531 g/mol. The number of nitrogens with two attached hydrogens (primary N) is 2. The van der Waals surface area contributed by atoms with Gasteiger partial charge in [-0.05, 0) is 12.8 Å². The summed E-state index contributed by atoms with van der Waals surface area (Å²) in [6, 6.07) is -4.75. The highest BCUT2D eigenvalue weighted by Crippen LogP contribution is 2.18. The van der Waals surface area contributed by atoms with E-state index in [0.717, 1.165) is 25.7 Å². The lowest BCUT2D eigenvalue weighted by Gasteiger charge is -2.34. The Balaban J connectivity index is 5.08. The molecule has 0 aromatic rings. The third-order valence-electron chi connectivity index (χ3n) is 6.08. The smallest absolute Gasteiger partial charge is 0.328 e. The van der Waals surface area contributed by atoms with Gasteiger partial charge in [-0.1, -0.05) is 71.1 Å². The lowest BCUT2D eigenvalue weighted by molar-refractivity contribution is -0.162. The van der Waals surface area contributed by atoms with Crippen LogP contribution in [-0.4, -0.2) is 81.3 Å². The van der Waals surface area contributed by atoms with E-state index in [-0.39, 0.29) is 19.3 Å². The molecule has 0 unspecified atom stereocenters. The Kier molecular flexibility index (Phi) is 18.8. The van der Waals surface area contributed by atoms with Crippen LogP contribution in [0.2, 0.25) is 0 Å². The molecule has 37 heavy (non-hydrogen) atoms. The summed E-state index contributed by atoms with van der Waals surface area (Å²) in [6.07, 6.45) is 10.8. The molecule has 214 valence electrons. The zero-order valence-corrected chi connectivity index (χ0v) is 21.9. The zero-order chi connectivity index (χ0) is 28.2. The van der Waals surface area contributed by atoms with Gasteiger partial charge in [0.15, 0.2) is 6.04 Å². The number of rotatable bonds is 24. The average molecular weight is 532 g/mol. The fraction of sp³-hybridized carbons (Fsp3) is 0.800. The topological polar surface area (TPSA) is 211 Å². The summed E-state index contributed by atoms with van der Waals surface area (Å²) in [7, 11) is 0. The Morgan fingerprint density at radius 3 is 1.62 bits per heavy atom. The second kappa shape index (κ2) is 20.3. The van der Waals surface area contributed by atoms with E-state index in [1.807, 2.05) is 0 Å². The predicted octanol–water partition coefficient (Wildman–Crippen LogP) is 2.12. The Hall–Kier alpha value is -2.73. The highest BCUT2D eigenvalue weighted by Gasteiger charge is 2.39. The van der Waals surface area contributed by atoms with E-state index in [2.05, 4.69) is 6.92 Å². The molecule has 0 aromatic heterocycles. The van der Waals surface area contributed by atoms with Crippen molar-refractivity contribution in [1.82, 2.24) is 4.90 Å². The normalized spacial score (nSPS) is 13.5. The number of hydrogen-bond acceptors (Lipinski definition) is 7. The fourth-order valence-corrected chi connectivity index (χ4v) is 3.94. The first-order valence-electron chi connectivity index (χ1n) is 13.1. The molecule has 7 N–H and O–H groups in total. The van der Waals surface area contributed by atoms with Gasteiger partial charge in [-0.15, -0.1) is 0 Å². The van der Waals surface area contributed by atoms with Gasteiger partial charge in [0.1, 0.15) is 12.1 Å². The van der Waals surface area contributed by atoms with E-state index < -0.39 is 61.1 Å². The molecule has 0 aromatic carbocycles. The van der Waals surface area contributed by atoms with Crippen molar-refractivity contribution in [2.24, 2.45) is 11.5 Å². The van der Waals surface area contributed by atoms with E-state index in [0.29, 0.717) is 11.3 Å². The van der Waals surface area contributed by atoms with Crippen molar-refractivity contribution in [2.45, 2.75) is 115 Å². The van der Waals surface area contributed by atoms with Crippen molar-refractivity contribution < 1.29 is 44.0 Å². The number of aliphatic carboxylic acids is 3. The molecule has 0 fully saturated rings. The Bertz CT molecular complexity index is 718. The maximum absolute atomic E-state index is 13.1. The summed E-state index contributed by atoms with van der Waals surface area (Å²) in [5.74, 6) is -5.87. The van der Waals surface area contributed by atoms with Crippen LogP contribution in [0.1, 0.15) is 96.8 Å². The van der Waals surface area contributed by atoms with Crippen molar-refractivity contribution >= 4 is 29.7 Å². The van der Waals surface area contributed by atoms with Crippen molar-refractivity contribution in [3.8, 4) is 0 Å². The van der Waals surface area contributed by atoms with Gasteiger partial charge in [0.2, 0.25) is 11.8 Å². The van der Waals surface area contributed by atoms with Gasteiger partial charge in [-0.2, -0.15) is 0 Å². The predicted molar refractivity (Wildman–Crippen MR) is 136 cm³/mol. The quantitative estimate of drug-likeness (QED) is 0.114. The number of unbranched alkanes of at least 4 members (excludes halogenated alkanes) is 10. The molecule has 0 aliphatic heterocycles. The molecule has 0 rings (SSSR count). The molecule has 0 spiro atoms. The molecule has 3 atom stereocenters. The molecule has 2 amide bonds. The van der Waals surface area contributed by atoms with Crippen LogP contribution in [-0.2, 0) is 28.7 Å². The number of carboxylic acids is 3. The Morgan fingerprint density at radius 1 is 0.703 bits per heavy atom. The maximum Gasteiger partial charge on any atom is 0.328 e. The largest absolute Gasteiger partial charge is 0.480 e. The minimum Gasteiger partial charge on any atom is -0.480 e. The molecule has 0 aliphatic carbocycles. The van der Waals surface area contributed by atoms with Crippen LogP contribution >= 0.6 is 0 Å². The number of carbonyl (C=O) groups is 5. The number of carbonyl (C=O) groups excluding carboxylic acids is 2. The average Bonchev–Trinajstić information content (AvgIpc) is 2.82. The molecular weight excluding hydrogens is 486 g/mol. The fourth-order valence-electron chi connectivity index (χ4n) is 3.94. The van der Waals surface area contributed by atoms with Gasteiger partial charge in [0, 0.05) is 12.8 Å². The van der Waals surface area contributed by atoms with Crippen molar-refractivity contribution in [1.29, 1.82) is 0 Å². The molecule has 0 aliphatic rings. The van der Waals surface area contributed by atoms with Crippen LogP contribution in [0.3, 0.4) is 0 Å². The van der Waals surface area contributed by atoms with Gasteiger partial charge >= 0.3 is 17.9 Å². The summed E-state index contributed by atoms with van der Waals surface area (Å²) in [5.41, 5.74) is 10.5. The highest BCUT2D eigenvalue weighted by molar-refractivity contribution is 5.89. The second-order valence-corrected chi connectivity index (χ2v) is 9.28. The van der Waals surface area contributed by atoms with Crippen LogP contribution in [0.15, 0.2) is 0 Å². The second-order valence-electron chi connectivity index (χ2n) is 9.28. The number of nitrogens with zero attached hydrogens (tertiary/aromatic N) is 1. The standard InChI is InChI=1S/C25H45N3O9/c1-2-3-4-5-6-7-8-9-10-11-12-13-22(30)28(19(24(33)34)14-15-21(27)29)20(25(35)36)17-37-16-18(26)23(31)32/h18-20H,2-17,26H2,1H3,(H2,27,29)(H,31,32)(H,33,34)(H,35,36)/t18-,19-,20+/m1/s1. The summed E-state index contributed by atoms with van der Waals surface area (Å²) >= 11 is 0. The van der Waals surface area contributed by atoms with E-state index in [1.165, 1.54) is 38.5 Å². The summed E-state index contributed by atoms with van der Waals surface area (Å²) in [4.78, 5) is 59.8. The molecule has 0 radical (unpaired) electrons. The Morgan fingerprint density at radius 2 is 1.19 bits per heavy atom. The minimum atomic E-state index is -1.71. The number of amides is 2. The third-order valence-corrected chi connectivity index (χ3v) is 6.08. The molecule has 0 saturated carbocycles. The lowest BCUT2D eigenvalue weighted by atomic mass is 10.0. The highest BCUT2D eigenvalue weighted by atomic mass is 16.5. The number of hydrogen-bond donors (Lipinski definition) is 5. The molecule has 12 heteroatoms. The van der Waals surface area contributed by atoms with Crippen molar-refractivity contribution in [3.63, 3.8) is 0 Å². The summed E-state index contributed by atoms with van der Waals surface area (Å²) < 4.78 is 5.11. The molecule has 0 bridgehead atoms. The SMILES string of the molecule is CCCCCCCCCCCCCC(=O)N([C@H](CCC(N)=O)C(=O)O)[C@@H](COC[C@@H](N)C(=O)O)C(=O)O. The van der Waals surface area contributed by atoms with E-state index in [9.17, 15) is 34.2 Å². The van der Waals surface area contributed by atoms with Gasteiger partial charge in [-0.3, -0.25) is 14.4 Å². The van der Waals surface area contributed by atoms with E-state index in [4.69, 9.17) is 21.3 Å². The summed E-state index contributed by atoms with van der Waals surface area (Å²) in [5, 5.41) is 28.3. The van der Waals surface area contributed by atoms with Gasteiger partial charge in [0.05, 0.1) is 13.2 Å². The molecule has 12 nitrogen and oxygen atoms in total. The van der Waals surface area contributed by atoms with Crippen molar-refractivity contribution in [2.75, 3.05) is 13.2 Å². The van der Waals surface area contributed by atoms with Crippen LogP contribution in [0.25, 0.3) is 0 Å². The van der Waals surface area contributed by atoms with Crippen LogP contribution < -0.4 is 11.5 Å². The van der Waals surface area contributed by atoms with Gasteiger partial charge in [-0.25, -0.2) is 9.59 Å². The van der Waals surface area contributed by atoms with Crippen molar-refractivity contribution in [3.05, 3.63) is 0 Å². The van der Waals surface area contributed by atoms with Crippen LogP contribution in [0, 0.1) is 0 Å². The maximum atomic E-state index is 13.1. The molecule has 0 heterocycles. The van der Waals surface area contributed by atoms with E-state index in [1.54, 1.807) is 0 Å². The number of primary amides is 1. The van der Waals surface area contributed by atoms with Crippen LogP contribution in [0.4, 0.5) is 0 Å². The first-order chi connectivity index (χ1) is 17.5. The van der Waals surface area contributed by atoms with Gasteiger partial charge < -0.3 is 36.4 Å². The van der Waals surface area contributed by atoms with Gasteiger partial charge in [0.25, 0.3) is 0 Å². The summed E-state index contributed by atoms with van der Waals surface area (Å²) in [6.45, 7) is 0.986. The van der Waals surface area contributed by atoms with Crippen LogP contribution in [0.5, 0.6) is 0 Å². The Labute approximate surface area is 218 Å². The molecule has 0 saturated heterocycles. The lowest BCUT2D eigenvalue weighted by Crippen LogP contribution is -2.56. The first kappa shape index (κ1) is 34.3. The number of ether oxygens (including phenoxy) is 1. The first-order valence-corrected chi connectivity index (χ1v) is 13.1. The zero-order valence-electron chi connectivity index (χ0n) is 21.9. The number of carboxylic acid groups (broad SMARTS) is 3. The third kappa shape index (κ3) is 15.9. The molecular formula is C25H45N3O9.